The van der Waals surface area contributed by atoms with Crippen LogP contribution in [0.25, 0.3) is 0 Å². The first-order valence-electron chi connectivity index (χ1n) is 11.1. The fourth-order valence-electron chi connectivity index (χ4n) is 4.03. The van der Waals surface area contributed by atoms with Crippen LogP contribution in [0.1, 0.15) is 21.5 Å². The van der Waals surface area contributed by atoms with E-state index in [9.17, 15) is 35.9 Å². The molecule has 2 amide bonds. The van der Waals surface area contributed by atoms with Crippen molar-refractivity contribution in [3.05, 3.63) is 34.9 Å². The number of benzene rings is 1. The van der Waals surface area contributed by atoms with Crippen molar-refractivity contribution in [2.24, 2.45) is 0 Å². The van der Waals surface area contributed by atoms with E-state index in [4.69, 9.17) is 0 Å². The molecule has 196 valence electrons. The highest BCUT2D eigenvalue weighted by molar-refractivity contribution is 5.96. The van der Waals surface area contributed by atoms with Gasteiger partial charge in [-0.05, 0) is 25.6 Å². The quantitative estimate of drug-likeness (QED) is 0.583. The van der Waals surface area contributed by atoms with Crippen LogP contribution in [-0.4, -0.2) is 109 Å². The summed E-state index contributed by atoms with van der Waals surface area (Å²) in [6.45, 7) is 5.20. The Balaban J connectivity index is 1.61. The molecule has 2 aliphatic rings. The van der Waals surface area contributed by atoms with Gasteiger partial charge < -0.3 is 19.4 Å². The molecule has 0 unspecified atom stereocenters. The van der Waals surface area contributed by atoms with E-state index in [1.54, 1.807) is 4.90 Å². The van der Waals surface area contributed by atoms with E-state index in [0.29, 0.717) is 25.2 Å². The van der Waals surface area contributed by atoms with E-state index in [0.717, 1.165) is 29.1 Å². The molecule has 0 bridgehead atoms. The van der Waals surface area contributed by atoms with Crippen molar-refractivity contribution >= 4 is 12.0 Å². The molecule has 35 heavy (non-hydrogen) atoms. The number of alkyl halides is 6. The lowest BCUT2D eigenvalue weighted by atomic mass is 10.0. The lowest BCUT2D eigenvalue weighted by molar-refractivity contribution is -0.308. The molecule has 0 spiro atoms. The van der Waals surface area contributed by atoms with E-state index < -0.39 is 24.5 Å². The Labute approximate surface area is 199 Å². The average molecular weight is 510 g/mol. The minimum Gasteiger partial charge on any atom is -0.426 e. The van der Waals surface area contributed by atoms with E-state index in [1.165, 1.54) is 0 Å². The molecule has 3 rings (SSSR count). The lowest BCUT2D eigenvalue weighted by Gasteiger charge is -2.36. The molecule has 13 heteroatoms. The van der Waals surface area contributed by atoms with E-state index >= 15 is 0 Å². The third-order valence-electron chi connectivity index (χ3n) is 6.12. The molecule has 7 nitrogen and oxygen atoms in total. The highest BCUT2D eigenvalue weighted by atomic mass is 19.4. The second-order valence-electron chi connectivity index (χ2n) is 8.87. The van der Waals surface area contributed by atoms with Gasteiger partial charge >= 0.3 is 18.4 Å². The fourth-order valence-corrected chi connectivity index (χ4v) is 4.03. The van der Waals surface area contributed by atoms with Crippen molar-refractivity contribution in [3.63, 3.8) is 0 Å². The number of amides is 2. The van der Waals surface area contributed by atoms with Crippen LogP contribution < -0.4 is 0 Å². The summed E-state index contributed by atoms with van der Waals surface area (Å²) in [5.74, 6) is -0.0793. The van der Waals surface area contributed by atoms with Crippen LogP contribution >= 0.6 is 0 Å². The molecule has 2 fully saturated rings. The Hall–Kier alpha value is -2.54. The third-order valence-corrected chi connectivity index (χ3v) is 6.12. The van der Waals surface area contributed by atoms with Gasteiger partial charge in [-0.3, -0.25) is 9.69 Å². The van der Waals surface area contributed by atoms with Crippen molar-refractivity contribution in [1.29, 1.82) is 0 Å². The van der Waals surface area contributed by atoms with Gasteiger partial charge in [0.15, 0.2) is 0 Å². The van der Waals surface area contributed by atoms with Gasteiger partial charge in [0, 0.05) is 64.5 Å². The highest BCUT2D eigenvalue weighted by Gasteiger charge is 2.60. The van der Waals surface area contributed by atoms with Crippen LogP contribution in [0.2, 0.25) is 0 Å². The molecule has 2 heterocycles. The average Bonchev–Trinajstić information content (AvgIpc) is 2.77. The molecule has 0 aromatic heterocycles. The summed E-state index contributed by atoms with van der Waals surface area (Å²) in [5, 5.41) is 0. The first-order chi connectivity index (χ1) is 16.3. The molecule has 0 saturated carbocycles. The zero-order valence-corrected chi connectivity index (χ0v) is 19.5. The van der Waals surface area contributed by atoms with Gasteiger partial charge in [-0.25, -0.2) is 4.79 Å². The Morgan fingerprint density at radius 2 is 1.43 bits per heavy atom. The number of carbonyl (C=O) groups is 2. The predicted molar refractivity (Wildman–Crippen MR) is 114 cm³/mol. The molecule has 0 N–H and O–H groups in total. The smallest absolute Gasteiger partial charge is 0.426 e. The van der Waals surface area contributed by atoms with Crippen LogP contribution in [0.3, 0.4) is 0 Å². The predicted octanol–water partition coefficient (Wildman–Crippen LogP) is 3.13. The Bertz CT molecular complexity index is 893. The van der Waals surface area contributed by atoms with Gasteiger partial charge in [0.1, 0.15) is 0 Å². The number of hydrogen-bond donors (Lipinski definition) is 0. The first kappa shape index (κ1) is 27.1. The molecule has 0 aliphatic carbocycles. The van der Waals surface area contributed by atoms with Gasteiger partial charge in [-0.15, -0.1) is 0 Å². The molecule has 1 aromatic rings. The van der Waals surface area contributed by atoms with E-state index in [2.05, 4.69) is 9.64 Å². The van der Waals surface area contributed by atoms with Gasteiger partial charge in [-0.1, -0.05) is 17.7 Å². The maximum Gasteiger partial charge on any atom is 0.434 e. The van der Waals surface area contributed by atoms with Gasteiger partial charge in [0.25, 0.3) is 12.0 Å². The third kappa shape index (κ3) is 7.00. The minimum absolute atomic E-state index is 0.0793. The van der Waals surface area contributed by atoms with Crippen LogP contribution in [-0.2, 0) is 11.3 Å². The number of carbonyl (C=O) groups excluding carboxylic acids is 2. The highest BCUT2D eigenvalue weighted by Crippen LogP contribution is 2.36. The van der Waals surface area contributed by atoms with Crippen LogP contribution in [0, 0.1) is 6.92 Å². The van der Waals surface area contributed by atoms with Gasteiger partial charge in [0.05, 0.1) is 0 Å². The zero-order chi connectivity index (χ0) is 26.0. The SMILES string of the molecule is Cc1ccc(CN2CCN(C(=O)OC(C(F)(F)F)C(F)(F)F)CC2)c(C(=O)N2CCN(C)CC2)c1. The lowest BCUT2D eigenvalue weighted by Crippen LogP contribution is -2.52. The molecular formula is C22H28F6N4O3. The number of nitrogens with zero attached hydrogens (tertiary/aromatic N) is 4. The van der Waals surface area contributed by atoms with Crippen molar-refractivity contribution in [3.8, 4) is 0 Å². The molecular weight excluding hydrogens is 482 g/mol. The summed E-state index contributed by atoms with van der Waals surface area (Å²) in [7, 11) is 1.99. The monoisotopic (exact) mass is 510 g/mol. The summed E-state index contributed by atoms with van der Waals surface area (Å²) in [6, 6.07) is 5.53. The second kappa shape index (κ2) is 10.6. The fraction of sp³-hybridized carbons (Fsp3) is 0.636. The van der Waals surface area contributed by atoms with Crippen molar-refractivity contribution < 1.29 is 40.7 Å². The number of ether oxygens (including phenoxy) is 1. The molecule has 2 aliphatic heterocycles. The molecule has 1 aromatic carbocycles. The summed E-state index contributed by atoms with van der Waals surface area (Å²) in [4.78, 5) is 31.8. The van der Waals surface area contributed by atoms with E-state index in [-0.39, 0.29) is 32.1 Å². The molecule has 2 saturated heterocycles. The van der Waals surface area contributed by atoms with E-state index in [1.807, 2.05) is 37.1 Å². The van der Waals surface area contributed by atoms with Crippen molar-refractivity contribution in [1.82, 2.24) is 19.6 Å². The summed E-state index contributed by atoms with van der Waals surface area (Å²) >= 11 is 0. The van der Waals surface area contributed by atoms with Gasteiger partial charge in [0.2, 0.25) is 0 Å². The van der Waals surface area contributed by atoms with Crippen LogP contribution in [0.5, 0.6) is 0 Å². The minimum atomic E-state index is -5.76. The number of halogens is 6. The maximum absolute atomic E-state index is 13.2. The summed E-state index contributed by atoms with van der Waals surface area (Å²) in [5.41, 5.74) is 2.25. The number of hydrogen-bond acceptors (Lipinski definition) is 5. The molecule has 0 atom stereocenters. The Morgan fingerprint density at radius 3 is 1.97 bits per heavy atom. The first-order valence-corrected chi connectivity index (χ1v) is 11.1. The largest absolute Gasteiger partial charge is 0.434 e. The van der Waals surface area contributed by atoms with Crippen molar-refractivity contribution in [2.45, 2.75) is 31.9 Å². The van der Waals surface area contributed by atoms with Gasteiger partial charge in [-0.2, -0.15) is 26.3 Å². The Kier molecular flexibility index (Phi) is 8.20. The number of likely N-dealkylation sites (N-methyl/N-ethyl adjacent to an activating group) is 1. The molecule has 0 radical (unpaired) electrons. The summed E-state index contributed by atoms with van der Waals surface area (Å²) in [6.07, 6.45) is -17.3. The number of aryl methyl sites for hydroxylation is 1. The topological polar surface area (TPSA) is 56.3 Å². The number of piperazine rings is 2. The summed E-state index contributed by atoms with van der Waals surface area (Å²) < 4.78 is 79.8. The van der Waals surface area contributed by atoms with Crippen molar-refractivity contribution in [2.75, 3.05) is 59.4 Å². The second-order valence-corrected chi connectivity index (χ2v) is 8.87. The number of rotatable bonds is 4. The standard InChI is InChI=1S/C22H28F6N4O3/c1-15-3-4-16(17(13-15)18(33)31-9-5-29(2)6-10-31)14-30-7-11-32(12-8-30)20(34)35-19(21(23,24)25)22(26,27)28/h3-4,13,19H,5-12,14H2,1-2H3. The zero-order valence-electron chi connectivity index (χ0n) is 19.5. The van der Waals surface area contributed by atoms with Crippen LogP contribution in [0.4, 0.5) is 31.1 Å². The Morgan fingerprint density at radius 1 is 0.886 bits per heavy atom. The normalized spacial score (nSPS) is 18.8. The maximum atomic E-state index is 13.2. The van der Waals surface area contributed by atoms with Crippen LogP contribution in [0.15, 0.2) is 18.2 Å².